The van der Waals surface area contributed by atoms with Crippen molar-refractivity contribution in [1.29, 1.82) is 0 Å². The third-order valence-corrected chi connectivity index (χ3v) is 4.55. The topological polar surface area (TPSA) is 136 Å². The van der Waals surface area contributed by atoms with Gasteiger partial charge in [0.1, 0.15) is 6.29 Å². The van der Waals surface area contributed by atoms with Gasteiger partial charge in [0, 0.05) is 11.5 Å². The Hall–Kier alpha value is -2.07. The molecule has 0 aromatic rings. The highest BCUT2D eigenvalue weighted by Gasteiger charge is 2.43. The van der Waals surface area contributed by atoms with Gasteiger partial charge in [-0.15, -0.1) is 0 Å². The van der Waals surface area contributed by atoms with Gasteiger partial charge in [0.2, 0.25) is 0 Å². The van der Waals surface area contributed by atoms with Crippen LogP contribution < -0.4 is 10.5 Å². The summed E-state index contributed by atoms with van der Waals surface area (Å²) in [5.41, 5.74) is 0.389. The zero-order valence-electron chi connectivity index (χ0n) is 13.3. The fourth-order valence-corrected chi connectivity index (χ4v) is 3.20. The van der Waals surface area contributed by atoms with E-state index in [1.807, 2.05) is 6.08 Å². The minimum absolute atomic E-state index is 0.193. The van der Waals surface area contributed by atoms with Crippen LogP contribution in [-0.2, 0) is 24.1 Å². The second kappa shape index (κ2) is 8.34. The van der Waals surface area contributed by atoms with Gasteiger partial charge < -0.3 is 15.2 Å². The van der Waals surface area contributed by atoms with Crippen molar-refractivity contribution in [2.45, 2.75) is 18.6 Å². The van der Waals surface area contributed by atoms with E-state index in [4.69, 9.17) is 5.14 Å². The molecule has 4 N–H and O–H groups in total. The monoisotopic (exact) mass is 368 g/mol. The van der Waals surface area contributed by atoms with Crippen LogP contribution in [0.1, 0.15) is 6.42 Å². The van der Waals surface area contributed by atoms with Gasteiger partial charge in [0.15, 0.2) is 0 Å². The van der Waals surface area contributed by atoms with Gasteiger partial charge in [-0.1, -0.05) is 30.4 Å². The number of carbonyl (C=O) groups is 2. The fourth-order valence-electron chi connectivity index (χ4n) is 2.84. The molecule has 0 unspecified atom stereocenters. The van der Waals surface area contributed by atoms with E-state index in [9.17, 15) is 23.1 Å². The zero-order chi connectivity index (χ0) is 18.4. The van der Waals surface area contributed by atoms with E-state index in [0.717, 1.165) is 0 Å². The number of aliphatic hydroxyl groups is 1. The summed E-state index contributed by atoms with van der Waals surface area (Å²) in [6.45, 7) is -0.332. The van der Waals surface area contributed by atoms with E-state index < -0.39 is 40.2 Å². The van der Waals surface area contributed by atoms with Crippen molar-refractivity contribution >= 4 is 22.5 Å². The van der Waals surface area contributed by atoms with Crippen molar-refractivity contribution in [3.63, 3.8) is 0 Å². The number of nitrogens with one attached hydrogen (secondary N) is 1. The van der Waals surface area contributed by atoms with Crippen LogP contribution in [-0.4, -0.2) is 44.5 Å². The number of allylic oxidation sites excluding steroid dienone is 6. The standard InChI is InChI=1S/C16H20N2O6S/c17-25(22,23)24-10-12-8-14(15(20)13(12)9-19)18-16(21)11-6-4-2-1-3-5-7-11/h1-7,9,12-15,20H,8,10H2,(H,18,21)(H2,17,22,23)/b2-1-,3-1?,4-2?,5-3-,6-4?,7-5?,11-6?,11-7?/t12-,13-,14-,15-/m1/s1. The molecule has 1 amide bonds. The first-order valence-electron chi connectivity index (χ1n) is 7.65. The Morgan fingerprint density at radius 3 is 2.68 bits per heavy atom. The largest absolute Gasteiger partial charge is 0.390 e. The van der Waals surface area contributed by atoms with Crippen LogP contribution in [0.3, 0.4) is 0 Å². The van der Waals surface area contributed by atoms with Crippen LogP contribution in [0.2, 0.25) is 0 Å². The van der Waals surface area contributed by atoms with Crippen molar-refractivity contribution in [3.05, 3.63) is 48.1 Å². The highest BCUT2D eigenvalue weighted by Crippen LogP contribution is 2.32. The summed E-state index contributed by atoms with van der Waals surface area (Å²) in [5, 5.41) is 17.7. The van der Waals surface area contributed by atoms with Gasteiger partial charge in [-0.25, -0.2) is 5.14 Å². The number of nitrogens with two attached hydrogens (primary N) is 1. The molecule has 1 saturated carbocycles. The lowest BCUT2D eigenvalue weighted by molar-refractivity contribution is -0.120. The first-order chi connectivity index (χ1) is 11.8. The quantitative estimate of drug-likeness (QED) is 0.541. The predicted molar refractivity (Wildman–Crippen MR) is 90.2 cm³/mol. The molecule has 2 aliphatic rings. The average molecular weight is 368 g/mol. The van der Waals surface area contributed by atoms with Crippen molar-refractivity contribution in [3.8, 4) is 0 Å². The molecule has 8 nitrogen and oxygen atoms in total. The molecule has 0 heterocycles. The number of rotatable bonds is 6. The smallest absolute Gasteiger partial charge is 0.333 e. The lowest BCUT2D eigenvalue weighted by atomic mass is 9.97. The van der Waals surface area contributed by atoms with Gasteiger partial charge in [-0.2, -0.15) is 8.42 Å². The average Bonchev–Trinajstić information content (AvgIpc) is 2.79. The molecule has 0 bridgehead atoms. The summed E-state index contributed by atoms with van der Waals surface area (Å²) in [4.78, 5) is 23.6. The maximum absolute atomic E-state index is 12.3. The van der Waals surface area contributed by atoms with Gasteiger partial charge >= 0.3 is 10.3 Å². The molecule has 9 heteroatoms. The molecule has 136 valence electrons. The predicted octanol–water partition coefficient (Wildman–Crippen LogP) is -0.504. The van der Waals surface area contributed by atoms with E-state index in [1.54, 1.807) is 36.5 Å². The second-order valence-electron chi connectivity index (χ2n) is 5.81. The Bertz CT molecular complexity index is 738. The second-order valence-corrected chi connectivity index (χ2v) is 7.03. The summed E-state index contributed by atoms with van der Waals surface area (Å²) >= 11 is 0. The SMILES string of the molecule is NS(=O)(=O)OC[C@H]1C[C@@H](NC(=O)C2=C/C=C\C=C/C=C2)[C@H](O)[C@@H]1C=O. The number of hydrogen-bond acceptors (Lipinski definition) is 6. The molecule has 0 aromatic heterocycles. The molecule has 0 aliphatic heterocycles. The first-order valence-corrected chi connectivity index (χ1v) is 9.12. The van der Waals surface area contributed by atoms with Crippen molar-refractivity contribution < 1.29 is 27.3 Å². The van der Waals surface area contributed by atoms with E-state index in [-0.39, 0.29) is 13.0 Å². The Morgan fingerprint density at radius 1 is 1.32 bits per heavy atom. The summed E-state index contributed by atoms with van der Waals surface area (Å²) in [7, 11) is -4.14. The van der Waals surface area contributed by atoms with Gasteiger partial charge in [0.05, 0.1) is 18.8 Å². The first kappa shape index (κ1) is 19.3. The lowest BCUT2D eigenvalue weighted by Gasteiger charge is -2.18. The molecule has 2 rings (SSSR count). The van der Waals surface area contributed by atoms with Crippen molar-refractivity contribution in [1.82, 2.24) is 5.32 Å². The van der Waals surface area contributed by atoms with Crippen LogP contribution in [0, 0.1) is 11.8 Å². The number of hydrogen-bond donors (Lipinski definition) is 3. The third-order valence-electron chi connectivity index (χ3n) is 4.09. The normalized spacial score (nSPS) is 31.5. The van der Waals surface area contributed by atoms with E-state index in [2.05, 4.69) is 9.50 Å². The zero-order valence-corrected chi connectivity index (χ0v) is 14.1. The number of aliphatic hydroxyl groups excluding tert-OH is 1. The minimum atomic E-state index is -4.14. The summed E-state index contributed by atoms with van der Waals surface area (Å²) in [5.74, 6) is -1.82. The fraction of sp³-hybridized carbons (Fsp3) is 0.375. The van der Waals surface area contributed by atoms with Gasteiger partial charge in [-0.3, -0.25) is 8.98 Å². The Balaban J connectivity index is 2.04. The van der Waals surface area contributed by atoms with Crippen LogP contribution in [0.5, 0.6) is 0 Å². The van der Waals surface area contributed by atoms with E-state index in [0.29, 0.717) is 11.9 Å². The number of amides is 1. The molecule has 1 fully saturated rings. The summed E-state index contributed by atoms with van der Waals surface area (Å²) in [6, 6.07) is -0.698. The molecule has 4 atom stereocenters. The molecule has 2 aliphatic carbocycles. The van der Waals surface area contributed by atoms with Crippen molar-refractivity contribution in [2.75, 3.05) is 6.61 Å². The maximum Gasteiger partial charge on any atom is 0.333 e. The van der Waals surface area contributed by atoms with E-state index >= 15 is 0 Å². The van der Waals surface area contributed by atoms with Crippen LogP contribution in [0.15, 0.2) is 48.1 Å². The Kier molecular flexibility index (Phi) is 6.43. The number of aldehydes is 1. The molecule has 0 radical (unpaired) electrons. The third kappa shape index (κ3) is 5.46. The Morgan fingerprint density at radius 2 is 2.00 bits per heavy atom. The molecule has 0 saturated heterocycles. The molecule has 0 spiro atoms. The summed E-state index contributed by atoms with van der Waals surface area (Å²) < 4.78 is 26.3. The van der Waals surface area contributed by atoms with E-state index in [1.165, 1.54) is 0 Å². The van der Waals surface area contributed by atoms with Crippen molar-refractivity contribution in [2.24, 2.45) is 17.0 Å². The van der Waals surface area contributed by atoms with Crippen LogP contribution in [0.25, 0.3) is 0 Å². The maximum atomic E-state index is 12.3. The molecule has 0 aromatic carbocycles. The molecule has 25 heavy (non-hydrogen) atoms. The van der Waals surface area contributed by atoms with Gasteiger partial charge in [-0.05, 0) is 24.5 Å². The van der Waals surface area contributed by atoms with Crippen LogP contribution in [0.4, 0.5) is 0 Å². The van der Waals surface area contributed by atoms with Gasteiger partial charge in [0.25, 0.3) is 5.91 Å². The Labute approximate surface area is 146 Å². The summed E-state index contributed by atoms with van der Waals surface area (Å²) in [6.07, 6.45) is 11.6. The molecular weight excluding hydrogens is 348 g/mol. The molecular formula is C16H20N2O6S. The highest BCUT2D eigenvalue weighted by atomic mass is 32.2. The number of carbonyl (C=O) groups excluding carboxylic acids is 2. The van der Waals surface area contributed by atoms with Crippen LogP contribution >= 0.6 is 0 Å². The lowest BCUT2D eigenvalue weighted by Crippen LogP contribution is -2.42. The highest BCUT2D eigenvalue weighted by molar-refractivity contribution is 7.84. The minimum Gasteiger partial charge on any atom is -0.390 e.